The molecule has 0 saturated carbocycles. The molecule has 2 N–H and O–H groups in total. The van der Waals surface area contributed by atoms with E-state index in [1.54, 1.807) is 0 Å². The van der Waals surface area contributed by atoms with Gasteiger partial charge in [0.2, 0.25) is 10.0 Å². The summed E-state index contributed by atoms with van der Waals surface area (Å²) in [6.45, 7) is 0. The van der Waals surface area contributed by atoms with Crippen LogP contribution in [0.15, 0.2) is 71.6 Å². The van der Waals surface area contributed by atoms with Crippen LogP contribution in [-0.4, -0.2) is 31.3 Å². The second-order valence-electron chi connectivity index (χ2n) is 7.04. The zero-order valence-electron chi connectivity index (χ0n) is 17.4. The molecule has 0 spiro atoms. The first kappa shape index (κ1) is 24.2. The number of sulfonamides is 1. The zero-order valence-corrected chi connectivity index (χ0v) is 18.2. The van der Waals surface area contributed by atoms with Gasteiger partial charge in [-0.05, 0) is 61.0 Å². The van der Waals surface area contributed by atoms with E-state index in [0.29, 0.717) is 11.3 Å². The third kappa shape index (κ3) is 5.88. The number of nitrogens with two attached hydrogens (primary N) is 1. The van der Waals surface area contributed by atoms with Gasteiger partial charge in [0.15, 0.2) is 0 Å². The van der Waals surface area contributed by atoms with Crippen LogP contribution in [0.3, 0.4) is 0 Å². The van der Waals surface area contributed by atoms with E-state index >= 15 is 0 Å². The maximum Gasteiger partial charge on any atom is 0.330 e. The number of methoxy groups -OCH3 is 1. The highest BCUT2D eigenvalue weighted by atomic mass is 32.2. The standard InChI is InChI=1S/C22H20F3N3O4S/c1-32-21(29)4-2-3-13-22(24,25)20-14-19(15-5-7-16(23)8-6-15)28(27-20)17-9-11-18(12-10-17)33(26,30)31/h2,4-12,14H,3,13H2,1H3,(H2,26,30,31). The molecular formula is C22H20F3N3O4S. The summed E-state index contributed by atoms with van der Waals surface area (Å²) in [4.78, 5) is 10.9. The Balaban J connectivity index is 2.00. The molecule has 7 nitrogen and oxygen atoms in total. The summed E-state index contributed by atoms with van der Waals surface area (Å²) in [5.41, 5.74) is 0.434. The Hall–Kier alpha value is -3.44. The Morgan fingerprint density at radius 2 is 1.79 bits per heavy atom. The van der Waals surface area contributed by atoms with Gasteiger partial charge < -0.3 is 4.74 Å². The summed E-state index contributed by atoms with van der Waals surface area (Å²) >= 11 is 0. The molecule has 2 aromatic carbocycles. The number of aromatic nitrogens is 2. The molecule has 33 heavy (non-hydrogen) atoms. The van der Waals surface area contributed by atoms with E-state index in [4.69, 9.17) is 5.14 Å². The number of carbonyl (C=O) groups is 1. The van der Waals surface area contributed by atoms with Crippen molar-refractivity contribution in [3.8, 4) is 16.9 Å². The normalized spacial score (nSPS) is 12.3. The smallest absolute Gasteiger partial charge is 0.330 e. The Morgan fingerprint density at radius 1 is 1.15 bits per heavy atom. The van der Waals surface area contributed by atoms with Gasteiger partial charge in [-0.15, -0.1) is 0 Å². The molecule has 3 rings (SSSR count). The molecule has 0 atom stereocenters. The second kappa shape index (κ2) is 9.59. The van der Waals surface area contributed by atoms with Gasteiger partial charge in [-0.3, -0.25) is 0 Å². The first-order chi connectivity index (χ1) is 15.5. The van der Waals surface area contributed by atoms with Gasteiger partial charge in [0, 0.05) is 18.1 Å². The number of carbonyl (C=O) groups excluding carboxylic acids is 1. The van der Waals surface area contributed by atoms with Gasteiger partial charge >= 0.3 is 5.97 Å². The number of ether oxygens (including phenoxy) is 1. The van der Waals surface area contributed by atoms with Gasteiger partial charge in [-0.1, -0.05) is 6.08 Å². The Labute approximate surface area is 188 Å². The van der Waals surface area contributed by atoms with E-state index < -0.39 is 39.8 Å². The van der Waals surface area contributed by atoms with Crippen LogP contribution in [0.4, 0.5) is 13.2 Å². The summed E-state index contributed by atoms with van der Waals surface area (Å²) < 4.78 is 71.8. The number of nitrogens with zero attached hydrogens (tertiary/aromatic N) is 2. The number of alkyl halides is 2. The first-order valence-corrected chi connectivity index (χ1v) is 11.2. The molecule has 0 fully saturated rings. The van der Waals surface area contributed by atoms with Crippen molar-refractivity contribution >= 4 is 16.0 Å². The van der Waals surface area contributed by atoms with Crippen LogP contribution in [-0.2, 0) is 25.5 Å². The van der Waals surface area contributed by atoms with Gasteiger partial charge in [0.05, 0.1) is 23.4 Å². The van der Waals surface area contributed by atoms with Crippen molar-refractivity contribution in [2.45, 2.75) is 23.7 Å². The molecule has 0 amide bonds. The largest absolute Gasteiger partial charge is 0.466 e. The Bertz CT molecular complexity index is 1270. The number of primary sulfonamides is 1. The minimum atomic E-state index is -3.94. The van der Waals surface area contributed by atoms with Crippen LogP contribution in [0.1, 0.15) is 18.5 Å². The molecule has 0 aliphatic carbocycles. The molecule has 0 unspecified atom stereocenters. The minimum absolute atomic E-state index is 0.107. The molecule has 1 heterocycles. The molecule has 0 saturated heterocycles. The van der Waals surface area contributed by atoms with Gasteiger partial charge in [-0.25, -0.2) is 27.4 Å². The lowest BCUT2D eigenvalue weighted by atomic mass is 10.1. The highest BCUT2D eigenvalue weighted by Gasteiger charge is 2.35. The molecule has 174 valence electrons. The maximum absolute atomic E-state index is 14.9. The van der Waals surface area contributed by atoms with Crippen LogP contribution in [0.2, 0.25) is 0 Å². The van der Waals surface area contributed by atoms with E-state index in [-0.39, 0.29) is 17.0 Å². The summed E-state index contributed by atoms with van der Waals surface area (Å²) in [6.07, 6.45) is 1.61. The third-order valence-electron chi connectivity index (χ3n) is 4.71. The SMILES string of the molecule is COC(=O)C=CCCC(F)(F)c1cc(-c2ccc(F)cc2)n(-c2ccc(S(N)(=O)=O)cc2)n1. The molecule has 0 bridgehead atoms. The lowest BCUT2D eigenvalue weighted by molar-refractivity contribution is -0.134. The molecular weight excluding hydrogens is 459 g/mol. The molecule has 0 aliphatic rings. The summed E-state index contributed by atoms with van der Waals surface area (Å²) in [6, 6.07) is 11.6. The lowest BCUT2D eigenvalue weighted by Crippen LogP contribution is -2.14. The Kier molecular flexibility index (Phi) is 7.04. The van der Waals surface area contributed by atoms with Gasteiger partial charge in [-0.2, -0.15) is 13.9 Å². The monoisotopic (exact) mass is 479 g/mol. The van der Waals surface area contributed by atoms with Crippen molar-refractivity contribution in [2.24, 2.45) is 5.14 Å². The highest BCUT2D eigenvalue weighted by Crippen LogP contribution is 2.36. The highest BCUT2D eigenvalue weighted by molar-refractivity contribution is 7.89. The van der Waals surface area contributed by atoms with Crippen LogP contribution in [0, 0.1) is 5.82 Å². The van der Waals surface area contributed by atoms with Crippen LogP contribution in [0.5, 0.6) is 0 Å². The number of esters is 1. The van der Waals surface area contributed by atoms with Crippen molar-refractivity contribution < 1.29 is 31.1 Å². The number of halogens is 3. The average Bonchev–Trinajstić information content (AvgIpc) is 3.23. The number of benzene rings is 2. The molecule has 1 aromatic heterocycles. The summed E-state index contributed by atoms with van der Waals surface area (Å²) in [5.74, 6) is -4.49. The lowest BCUT2D eigenvalue weighted by Gasteiger charge is -2.12. The van der Waals surface area contributed by atoms with Crippen LogP contribution >= 0.6 is 0 Å². The van der Waals surface area contributed by atoms with E-state index in [1.165, 1.54) is 72.5 Å². The molecule has 11 heteroatoms. The minimum Gasteiger partial charge on any atom is -0.466 e. The zero-order chi connectivity index (χ0) is 24.2. The number of rotatable bonds is 8. The third-order valence-corrected chi connectivity index (χ3v) is 5.64. The number of hydrogen-bond donors (Lipinski definition) is 1. The van der Waals surface area contributed by atoms with Gasteiger partial charge in [0.1, 0.15) is 11.5 Å². The van der Waals surface area contributed by atoms with Crippen molar-refractivity contribution in [1.29, 1.82) is 0 Å². The first-order valence-electron chi connectivity index (χ1n) is 9.63. The van der Waals surface area contributed by atoms with Crippen LogP contribution < -0.4 is 5.14 Å². The molecule has 0 aliphatic heterocycles. The number of hydrogen-bond acceptors (Lipinski definition) is 5. The average molecular weight is 479 g/mol. The molecule has 0 radical (unpaired) electrons. The van der Waals surface area contributed by atoms with Crippen molar-refractivity contribution in [2.75, 3.05) is 7.11 Å². The predicted octanol–water partition coefficient (Wildman–Crippen LogP) is 3.93. The van der Waals surface area contributed by atoms with E-state index in [1.807, 2.05) is 0 Å². The van der Waals surface area contributed by atoms with Crippen molar-refractivity contribution in [3.05, 3.63) is 78.3 Å². The van der Waals surface area contributed by atoms with Gasteiger partial charge in [0.25, 0.3) is 5.92 Å². The fraction of sp³-hybridized carbons (Fsp3) is 0.182. The summed E-state index contributed by atoms with van der Waals surface area (Å²) in [5, 5.41) is 9.16. The predicted molar refractivity (Wildman–Crippen MR) is 115 cm³/mol. The fourth-order valence-corrected chi connectivity index (χ4v) is 3.52. The quantitative estimate of drug-likeness (QED) is 0.390. The van der Waals surface area contributed by atoms with Crippen LogP contribution in [0.25, 0.3) is 16.9 Å². The van der Waals surface area contributed by atoms with E-state index in [9.17, 15) is 26.4 Å². The number of allylic oxidation sites excluding steroid dienone is 1. The molecule has 3 aromatic rings. The fourth-order valence-electron chi connectivity index (χ4n) is 3.00. The van der Waals surface area contributed by atoms with E-state index in [0.717, 1.165) is 6.08 Å². The van der Waals surface area contributed by atoms with E-state index in [2.05, 4.69) is 9.84 Å². The maximum atomic E-state index is 14.9. The topological polar surface area (TPSA) is 104 Å². The second-order valence-corrected chi connectivity index (χ2v) is 8.60. The van der Waals surface area contributed by atoms with Crippen molar-refractivity contribution in [1.82, 2.24) is 9.78 Å². The Morgan fingerprint density at radius 3 is 2.36 bits per heavy atom. The summed E-state index contributed by atoms with van der Waals surface area (Å²) in [7, 11) is -2.76. The van der Waals surface area contributed by atoms with Crippen molar-refractivity contribution in [3.63, 3.8) is 0 Å².